The van der Waals surface area contributed by atoms with Crippen LogP contribution in [0.15, 0.2) is 0 Å². The highest BCUT2D eigenvalue weighted by molar-refractivity contribution is 7.99. The van der Waals surface area contributed by atoms with Crippen molar-refractivity contribution in [2.24, 2.45) is 5.73 Å². The van der Waals surface area contributed by atoms with Crippen LogP contribution in [0.2, 0.25) is 0 Å². The molecule has 3 rings (SSSR count). The zero-order chi connectivity index (χ0) is 12.4. The molecule has 0 radical (unpaired) electrons. The topological polar surface area (TPSA) is 32.5 Å². The summed E-state index contributed by atoms with van der Waals surface area (Å²) in [6.07, 6.45) is 6.87. The van der Waals surface area contributed by atoms with Gasteiger partial charge in [0.1, 0.15) is 0 Å². The van der Waals surface area contributed by atoms with Gasteiger partial charge in [0.2, 0.25) is 0 Å². The Morgan fingerprint density at radius 1 is 1.17 bits per heavy atom. The van der Waals surface area contributed by atoms with E-state index in [1.807, 2.05) is 0 Å². The van der Waals surface area contributed by atoms with Crippen molar-refractivity contribution in [1.29, 1.82) is 0 Å². The molecule has 3 fully saturated rings. The zero-order valence-corrected chi connectivity index (χ0v) is 12.3. The van der Waals surface area contributed by atoms with E-state index >= 15 is 0 Å². The molecule has 0 bridgehead atoms. The Kier molecular flexibility index (Phi) is 4.18. The van der Waals surface area contributed by atoms with Gasteiger partial charge >= 0.3 is 0 Å². The van der Waals surface area contributed by atoms with Gasteiger partial charge in [-0.2, -0.15) is 11.8 Å². The smallest absolute Gasteiger partial charge is 0.0422 e. The summed E-state index contributed by atoms with van der Waals surface area (Å²) >= 11 is 2.11. The lowest BCUT2D eigenvalue weighted by Gasteiger charge is -2.44. The Hall–Kier alpha value is 0.230. The molecule has 3 heterocycles. The van der Waals surface area contributed by atoms with E-state index in [0.717, 1.165) is 12.6 Å². The summed E-state index contributed by atoms with van der Waals surface area (Å²) in [6.45, 7) is 6.08. The van der Waals surface area contributed by atoms with Gasteiger partial charge in [-0.15, -0.1) is 0 Å². The van der Waals surface area contributed by atoms with E-state index < -0.39 is 0 Å². The second-order valence-electron chi connectivity index (χ2n) is 6.22. The molecule has 2 N–H and O–H groups in total. The third-order valence-electron chi connectivity index (χ3n) is 5.17. The molecular weight excluding hydrogens is 242 g/mol. The Morgan fingerprint density at radius 3 is 2.67 bits per heavy atom. The third kappa shape index (κ3) is 2.45. The van der Waals surface area contributed by atoms with Crippen LogP contribution in [0.25, 0.3) is 0 Å². The molecule has 3 aliphatic heterocycles. The van der Waals surface area contributed by atoms with Gasteiger partial charge in [-0.25, -0.2) is 0 Å². The van der Waals surface area contributed by atoms with Crippen molar-refractivity contribution in [1.82, 2.24) is 9.80 Å². The number of hydrogen-bond donors (Lipinski definition) is 1. The van der Waals surface area contributed by atoms with Crippen LogP contribution in [0, 0.1) is 0 Å². The molecule has 2 atom stereocenters. The number of likely N-dealkylation sites (tertiary alicyclic amines) is 2. The quantitative estimate of drug-likeness (QED) is 0.839. The molecule has 2 unspecified atom stereocenters. The second kappa shape index (κ2) is 5.70. The van der Waals surface area contributed by atoms with Gasteiger partial charge < -0.3 is 5.73 Å². The van der Waals surface area contributed by atoms with E-state index in [2.05, 4.69) is 21.6 Å². The van der Waals surface area contributed by atoms with Crippen LogP contribution in [0.4, 0.5) is 0 Å². The predicted octanol–water partition coefficient (Wildman–Crippen LogP) is 1.38. The number of hydrogen-bond acceptors (Lipinski definition) is 4. The van der Waals surface area contributed by atoms with Crippen LogP contribution in [0.3, 0.4) is 0 Å². The minimum absolute atomic E-state index is 0.331. The molecule has 3 saturated heterocycles. The van der Waals surface area contributed by atoms with Crippen LogP contribution in [-0.4, -0.2) is 65.6 Å². The SMILES string of the molecule is NCC1(N2CCC(N3CCCC3)C2)CCCSC1. The van der Waals surface area contributed by atoms with E-state index in [-0.39, 0.29) is 0 Å². The van der Waals surface area contributed by atoms with Crippen molar-refractivity contribution in [3.8, 4) is 0 Å². The molecule has 0 aromatic rings. The summed E-state index contributed by atoms with van der Waals surface area (Å²) in [7, 11) is 0. The predicted molar refractivity (Wildman–Crippen MR) is 79.1 cm³/mol. The maximum atomic E-state index is 6.15. The lowest BCUT2D eigenvalue weighted by molar-refractivity contribution is 0.119. The van der Waals surface area contributed by atoms with Gasteiger partial charge in [-0.1, -0.05) is 0 Å². The highest BCUT2D eigenvalue weighted by atomic mass is 32.2. The largest absolute Gasteiger partial charge is 0.329 e. The van der Waals surface area contributed by atoms with Crippen LogP contribution in [0.1, 0.15) is 32.1 Å². The lowest BCUT2D eigenvalue weighted by atomic mass is 9.93. The first-order valence-corrected chi connectivity index (χ1v) is 8.76. The van der Waals surface area contributed by atoms with Crippen molar-refractivity contribution in [3.05, 3.63) is 0 Å². The summed E-state index contributed by atoms with van der Waals surface area (Å²) in [5.41, 5.74) is 6.48. The first-order chi connectivity index (χ1) is 8.84. The van der Waals surface area contributed by atoms with Gasteiger partial charge in [-0.05, 0) is 50.9 Å². The van der Waals surface area contributed by atoms with E-state index in [4.69, 9.17) is 5.73 Å². The van der Waals surface area contributed by atoms with Crippen LogP contribution >= 0.6 is 11.8 Å². The Bertz CT molecular complexity index is 272. The molecule has 4 heteroatoms. The van der Waals surface area contributed by atoms with Crippen molar-refractivity contribution in [3.63, 3.8) is 0 Å². The maximum absolute atomic E-state index is 6.15. The molecule has 3 nitrogen and oxygen atoms in total. The Balaban J connectivity index is 1.62. The van der Waals surface area contributed by atoms with E-state index in [1.165, 1.54) is 69.8 Å². The molecule has 0 amide bonds. The van der Waals surface area contributed by atoms with Crippen molar-refractivity contribution < 1.29 is 0 Å². The molecule has 0 saturated carbocycles. The zero-order valence-electron chi connectivity index (χ0n) is 11.4. The minimum Gasteiger partial charge on any atom is -0.329 e. The summed E-state index contributed by atoms with van der Waals surface area (Å²) in [4.78, 5) is 5.46. The van der Waals surface area contributed by atoms with Gasteiger partial charge in [0.05, 0.1) is 0 Å². The molecule has 0 aromatic heterocycles. The van der Waals surface area contributed by atoms with Crippen LogP contribution < -0.4 is 5.73 Å². The van der Waals surface area contributed by atoms with E-state index in [1.54, 1.807) is 0 Å². The Morgan fingerprint density at radius 2 is 2.00 bits per heavy atom. The number of nitrogens with zero attached hydrogens (tertiary/aromatic N) is 2. The molecule has 104 valence electrons. The van der Waals surface area contributed by atoms with Gasteiger partial charge in [0.25, 0.3) is 0 Å². The van der Waals surface area contributed by atoms with Crippen molar-refractivity contribution in [2.75, 3.05) is 44.2 Å². The monoisotopic (exact) mass is 269 g/mol. The summed E-state index contributed by atoms with van der Waals surface area (Å²) < 4.78 is 0. The first-order valence-electron chi connectivity index (χ1n) is 7.61. The fraction of sp³-hybridized carbons (Fsp3) is 1.00. The van der Waals surface area contributed by atoms with Gasteiger partial charge in [0, 0.05) is 37.0 Å². The molecule has 18 heavy (non-hydrogen) atoms. The standard InChI is InChI=1S/C14H27N3S/c15-11-14(5-3-9-18-12-14)17-8-4-13(10-17)16-6-1-2-7-16/h13H,1-12,15H2. The highest BCUT2D eigenvalue weighted by Crippen LogP contribution is 2.35. The summed E-state index contributed by atoms with van der Waals surface area (Å²) in [5.74, 6) is 2.60. The minimum atomic E-state index is 0.331. The Labute approximate surface area is 115 Å². The normalized spacial score (nSPS) is 39.5. The average molecular weight is 269 g/mol. The number of nitrogens with two attached hydrogens (primary N) is 1. The fourth-order valence-electron chi connectivity index (χ4n) is 3.95. The summed E-state index contributed by atoms with van der Waals surface area (Å²) in [5, 5.41) is 0. The van der Waals surface area contributed by atoms with Crippen molar-refractivity contribution >= 4 is 11.8 Å². The molecule has 3 aliphatic rings. The molecule has 0 aliphatic carbocycles. The maximum Gasteiger partial charge on any atom is 0.0422 e. The van der Waals surface area contributed by atoms with Crippen molar-refractivity contribution in [2.45, 2.75) is 43.7 Å². The van der Waals surface area contributed by atoms with E-state index in [0.29, 0.717) is 5.54 Å². The third-order valence-corrected chi connectivity index (χ3v) is 6.49. The molecular formula is C14H27N3S. The van der Waals surface area contributed by atoms with Gasteiger partial charge in [-0.3, -0.25) is 9.80 Å². The average Bonchev–Trinajstić information content (AvgIpc) is 3.10. The van der Waals surface area contributed by atoms with E-state index in [9.17, 15) is 0 Å². The molecule has 0 spiro atoms. The van der Waals surface area contributed by atoms with Crippen LogP contribution in [0.5, 0.6) is 0 Å². The lowest BCUT2D eigenvalue weighted by Crippen LogP contribution is -2.56. The molecule has 0 aromatic carbocycles. The fourth-order valence-corrected chi connectivity index (χ4v) is 5.27. The first kappa shape index (κ1) is 13.2. The van der Waals surface area contributed by atoms with Crippen LogP contribution in [-0.2, 0) is 0 Å². The number of thioether (sulfide) groups is 1. The van der Waals surface area contributed by atoms with Gasteiger partial charge in [0.15, 0.2) is 0 Å². The highest BCUT2D eigenvalue weighted by Gasteiger charge is 2.42. The summed E-state index contributed by atoms with van der Waals surface area (Å²) in [6, 6.07) is 0.822. The number of rotatable bonds is 3. The second-order valence-corrected chi connectivity index (χ2v) is 7.32.